The Balaban J connectivity index is 1.45. The highest BCUT2D eigenvalue weighted by Gasteiger charge is 2.81. The first-order valence-electron chi connectivity index (χ1n) is 13.9. The monoisotopic (exact) mass is 545 g/mol. The molecule has 0 aromatic heterocycles. The van der Waals surface area contributed by atoms with E-state index < -0.39 is 35.5 Å². The second-order valence-corrected chi connectivity index (χ2v) is 11.6. The average molecular weight is 546 g/mol. The number of carbonyl (C=O) groups is 1. The molecule has 0 unspecified atom stereocenters. The van der Waals surface area contributed by atoms with E-state index in [1.807, 2.05) is 112 Å². The van der Waals surface area contributed by atoms with Crippen molar-refractivity contribution in [1.82, 2.24) is 5.32 Å². The van der Waals surface area contributed by atoms with Crippen molar-refractivity contribution in [3.63, 3.8) is 0 Å². The Labute approximate surface area is 236 Å². The van der Waals surface area contributed by atoms with Gasteiger partial charge >= 0.3 is 6.09 Å². The van der Waals surface area contributed by atoms with E-state index in [-0.39, 0.29) is 18.4 Å². The summed E-state index contributed by atoms with van der Waals surface area (Å²) in [6.07, 6.45) is -1.50. The van der Waals surface area contributed by atoms with E-state index in [1.54, 1.807) is 0 Å². The second kappa shape index (κ2) is 12.1. The van der Waals surface area contributed by atoms with Crippen molar-refractivity contribution >= 4 is 6.09 Å². The molecule has 6 atom stereocenters. The maximum absolute atomic E-state index is 12.9. The van der Waals surface area contributed by atoms with Crippen LogP contribution >= 0.6 is 0 Å². The number of aliphatic hydroxyl groups excluding tert-OH is 1. The van der Waals surface area contributed by atoms with Crippen LogP contribution in [0.1, 0.15) is 37.5 Å². The summed E-state index contributed by atoms with van der Waals surface area (Å²) in [5.41, 5.74) is 1.52. The molecule has 7 heteroatoms. The number of hydrogen-bond acceptors (Lipinski definition) is 6. The Morgan fingerprint density at radius 2 is 1.30 bits per heavy atom. The molecule has 40 heavy (non-hydrogen) atoms. The number of alkyl carbamates (subject to hydrolysis) is 1. The minimum atomic E-state index is -0.893. The topological polar surface area (TPSA) is 86.3 Å². The summed E-state index contributed by atoms with van der Waals surface area (Å²) in [5, 5.41) is 13.7. The normalized spacial score (nSPS) is 27.1. The molecule has 2 saturated carbocycles. The predicted octanol–water partition coefficient (Wildman–Crippen LogP) is 5.26. The van der Waals surface area contributed by atoms with Crippen molar-refractivity contribution in [2.75, 3.05) is 6.61 Å². The zero-order chi connectivity index (χ0) is 28.2. The lowest BCUT2D eigenvalue weighted by Crippen LogP contribution is -2.50. The van der Waals surface area contributed by atoms with Crippen molar-refractivity contribution in [2.24, 2.45) is 11.8 Å². The molecule has 3 aromatic rings. The lowest BCUT2D eigenvalue weighted by molar-refractivity contribution is -0.156. The highest BCUT2D eigenvalue weighted by Crippen LogP contribution is 2.63. The molecule has 7 nitrogen and oxygen atoms in total. The van der Waals surface area contributed by atoms with E-state index in [1.165, 1.54) is 0 Å². The van der Waals surface area contributed by atoms with E-state index >= 15 is 0 Å². The quantitative estimate of drug-likeness (QED) is 0.342. The van der Waals surface area contributed by atoms with Gasteiger partial charge in [0.25, 0.3) is 0 Å². The van der Waals surface area contributed by atoms with E-state index in [4.69, 9.17) is 18.9 Å². The molecule has 212 valence electrons. The molecule has 2 aliphatic rings. The number of nitrogens with one attached hydrogen (secondary N) is 1. The third kappa shape index (κ3) is 6.23. The zero-order valence-corrected chi connectivity index (χ0v) is 23.4. The number of benzene rings is 3. The summed E-state index contributed by atoms with van der Waals surface area (Å²) in [6.45, 7) is 6.42. The van der Waals surface area contributed by atoms with Crippen LogP contribution in [0.15, 0.2) is 91.0 Å². The Bertz CT molecular complexity index is 1230. The summed E-state index contributed by atoms with van der Waals surface area (Å²) in [4.78, 5) is 12.9. The van der Waals surface area contributed by atoms with E-state index in [0.29, 0.717) is 19.8 Å². The molecule has 5 rings (SSSR count). The molecule has 1 amide bonds. The Morgan fingerprint density at radius 1 is 0.800 bits per heavy atom. The largest absolute Gasteiger partial charge is 0.444 e. The average Bonchev–Trinajstić information content (AvgIpc) is 3.46. The van der Waals surface area contributed by atoms with Gasteiger partial charge in [0.2, 0.25) is 0 Å². The van der Waals surface area contributed by atoms with Crippen LogP contribution in [0.25, 0.3) is 0 Å². The number of fused-ring (bicyclic) bond motifs is 1. The first-order valence-corrected chi connectivity index (χ1v) is 13.9. The summed E-state index contributed by atoms with van der Waals surface area (Å²) >= 11 is 0. The maximum Gasteiger partial charge on any atom is 0.407 e. The molecule has 2 N–H and O–H groups in total. The summed E-state index contributed by atoms with van der Waals surface area (Å²) in [5.74, 6) is -0.518. The molecule has 2 aliphatic carbocycles. The van der Waals surface area contributed by atoms with Gasteiger partial charge in [0.05, 0.1) is 32.0 Å². The van der Waals surface area contributed by atoms with Crippen molar-refractivity contribution in [2.45, 2.75) is 70.0 Å². The number of amides is 1. The number of aliphatic hydroxyl groups is 1. The fourth-order valence-corrected chi connectivity index (χ4v) is 5.91. The molecule has 2 fully saturated rings. The minimum absolute atomic E-state index is 0.127. The minimum Gasteiger partial charge on any atom is -0.444 e. The number of carbonyl (C=O) groups excluding carboxylic acids is 1. The molecule has 0 aliphatic heterocycles. The highest BCUT2D eigenvalue weighted by atomic mass is 16.6. The van der Waals surface area contributed by atoms with Gasteiger partial charge in [-0.1, -0.05) is 91.0 Å². The van der Waals surface area contributed by atoms with Crippen LogP contribution < -0.4 is 5.32 Å². The van der Waals surface area contributed by atoms with Crippen LogP contribution in [-0.4, -0.2) is 47.3 Å². The van der Waals surface area contributed by atoms with Gasteiger partial charge < -0.3 is 29.4 Å². The van der Waals surface area contributed by atoms with Gasteiger partial charge in [-0.25, -0.2) is 4.79 Å². The molecular weight excluding hydrogens is 506 g/mol. The molecule has 0 bridgehead atoms. The van der Waals surface area contributed by atoms with Crippen molar-refractivity contribution in [3.05, 3.63) is 108 Å². The van der Waals surface area contributed by atoms with E-state index in [9.17, 15) is 9.90 Å². The van der Waals surface area contributed by atoms with Crippen LogP contribution in [0.4, 0.5) is 4.79 Å². The van der Waals surface area contributed by atoms with E-state index in [2.05, 4.69) is 5.32 Å². The van der Waals surface area contributed by atoms with Crippen molar-refractivity contribution in [3.8, 4) is 0 Å². The summed E-state index contributed by atoms with van der Waals surface area (Å²) in [6, 6.07) is 29.4. The first kappa shape index (κ1) is 28.3. The van der Waals surface area contributed by atoms with Crippen LogP contribution in [0.2, 0.25) is 0 Å². The molecular formula is C33H39NO6. The molecule has 3 aromatic carbocycles. The van der Waals surface area contributed by atoms with E-state index in [0.717, 1.165) is 16.7 Å². The lowest BCUT2D eigenvalue weighted by atomic mass is 9.98. The Morgan fingerprint density at radius 3 is 1.80 bits per heavy atom. The SMILES string of the molecule is CC(C)(C)OC(=O)N[C@@H]1[C@H]2[C@H](CO)[C@@H](OCc3ccccc3)[C@H](OCc3ccccc3)[C@]21OCc1ccccc1. The third-order valence-corrected chi connectivity index (χ3v) is 7.66. The predicted molar refractivity (Wildman–Crippen MR) is 151 cm³/mol. The van der Waals surface area contributed by atoms with Gasteiger partial charge in [-0.2, -0.15) is 0 Å². The third-order valence-electron chi connectivity index (χ3n) is 7.66. The first-order chi connectivity index (χ1) is 19.3. The van der Waals surface area contributed by atoms with Crippen LogP contribution in [0, 0.1) is 11.8 Å². The Hall–Kier alpha value is -3.23. The molecule has 0 heterocycles. The maximum atomic E-state index is 12.9. The summed E-state index contributed by atoms with van der Waals surface area (Å²) < 4.78 is 25.4. The number of ether oxygens (including phenoxy) is 4. The van der Waals surface area contributed by atoms with Gasteiger partial charge in [-0.3, -0.25) is 0 Å². The van der Waals surface area contributed by atoms with Crippen molar-refractivity contribution in [1.29, 1.82) is 0 Å². The van der Waals surface area contributed by atoms with Crippen LogP contribution in [0.5, 0.6) is 0 Å². The van der Waals surface area contributed by atoms with Gasteiger partial charge in [0.1, 0.15) is 17.3 Å². The van der Waals surface area contributed by atoms with Gasteiger partial charge in [-0.15, -0.1) is 0 Å². The summed E-state index contributed by atoms with van der Waals surface area (Å²) in [7, 11) is 0. The fourth-order valence-electron chi connectivity index (χ4n) is 5.91. The van der Waals surface area contributed by atoms with Gasteiger partial charge in [0.15, 0.2) is 0 Å². The Kier molecular flexibility index (Phi) is 8.57. The number of hydrogen-bond donors (Lipinski definition) is 2. The second-order valence-electron chi connectivity index (χ2n) is 11.6. The van der Waals surface area contributed by atoms with Crippen LogP contribution in [-0.2, 0) is 38.8 Å². The standard InChI is InChI=1S/C33H39NO6/c1-32(2,3)40-31(36)34-29-27-26(19-35)28(37-20-23-13-7-4-8-14-23)30(38-21-24-15-9-5-10-16-24)33(27,29)39-22-25-17-11-6-12-18-25/h4-18,26-30,35H,19-22H2,1-3H3,(H,34,36)/t26-,27+,28+,29+,30-,33-/m0/s1. The lowest BCUT2D eigenvalue weighted by Gasteiger charge is -2.33. The molecule has 0 radical (unpaired) electrons. The van der Waals surface area contributed by atoms with Gasteiger partial charge in [0, 0.05) is 18.4 Å². The van der Waals surface area contributed by atoms with Crippen LogP contribution in [0.3, 0.4) is 0 Å². The molecule has 0 saturated heterocycles. The fraction of sp³-hybridized carbons (Fsp3) is 0.424. The molecule has 0 spiro atoms. The van der Waals surface area contributed by atoms with Crippen molar-refractivity contribution < 1.29 is 28.8 Å². The highest BCUT2D eigenvalue weighted by molar-refractivity contribution is 5.69. The zero-order valence-electron chi connectivity index (χ0n) is 23.4. The smallest absolute Gasteiger partial charge is 0.407 e. The number of rotatable bonds is 11. The van der Waals surface area contributed by atoms with Gasteiger partial charge in [-0.05, 0) is 37.5 Å².